The summed E-state index contributed by atoms with van der Waals surface area (Å²) in [5.74, 6) is 0.938. The minimum Gasteiger partial charge on any atom is -0.450 e. The van der Waals surface area contributed by atoms with Crippen molar-refractivity contribution in [3.05, 3.63) is 29.3 Å². The van der Waals surface area contributed by atoms with E-state index >= 15 is 0 Å². The van der Waals surface area contributed by atoms with E-state index in [0.29, 0.717) is 11.5 Å². The quantitative estimate of drug-likeness (QED) is 0.660. The fourth-order valence-corrected chi connectivity index (χ4v) is 1.80. The van der Waals surface area contributed by atoms with Gasteiger partial charge < -0.3 is 4.74 Å². The number of ketones is 1. The van der Waals surface area contributed by atoms with Crippen LogP contribution in [0.5, 0.6) is 5.75 Å². The van der Waals surface area contributed by atoms with Gasteiger partial charge in [-0.2, -0.15) is 0 Å². The minimum absolute atomic E-state index is 0.201. The molecule has 0 aliphatic heterocycles. The van der Waals surface area contributed by atoms with Gasteiger partial charge in [-0.1, -0.05) is 12.1 Å². The third kappa shape index (κ3) is 1.55. The summed E-state index contributed by atoms with van der Waals surface area (Å²) in [5.41, 5.74) is 1.79. The third-order valence-electron chi connectivity index (χ3n) is 2.29. The maximum atomic E-state index is 11.4. The Balaban J connectivity index is 2.43. The lowest BCUT2D eigenvalue weighted by molar-refractivity contribution is 0.0994. The van der Waals surface area contributed by atoms with Crippen molar-refractivity contribution in [1.82, 2.24) is 0 Å². The monoisotopic (exact) mass is 206 g/mol. The highest BCUT2D eigenvalue weighted by atomic mass is 32.1. The van der Waals surface area contributed by atoms with Gasteiger partial charge in [0, 0.05) is 24.5 Å². The number of thiocarbonyl (C=S) groups is 1. The molecule has 0 aromatic heterocycles. The summed E-state index contributed by atoms with van der Waals surface area (Å²) < 4.78 is 5.38. The summed E-state index contributed by atoms with van der Waals surface area (Å²) in [7, 11) is 0. The number of fused-ring (bicyclic) bond motifs is 1. The number of rotatable bonds is 1. The van der Waals surface area contributed by atoms with Crippen LogP contribution in [0.1, 0.15) is 29.3 Å². The predicted octanol–water partition coefficient (Wildman–Crippen LogP) is 2.54. The zero-order valence-electron chi connectivity index (χ0n) is 7.87. The molecule has 1 aromatic carbocycles. The summed E-state index contributed by atoms with van der Waals surface area (Å²) in [5, 5.41) is 0.484. The number of Topliss-reactive ketones (excluding diaryl/α,β-unsaturated/α-hetero) is 1. The Morgan fingerprint density at radius 1 is 1.43 bits per heavy atom. The van der Waals surface area contributed by atoms with Gasteiger partial charge in [-0.25, -0.2) is 0 Å². The standard InChI is InChI=1S/C11H10O2S/c1-7(14)13-11-4-2-3-8-9(11)5-6-10(8)12/h2-4H,5-6H2,1H3. The summed E-state index contributed by atoms with van der Waals surface area (Å²) in [4.78, 5) is 11.4. The molecule has 0 bridgehead atoms. The molecule has 2 rings (SSSR count). The van der Waals surface area contributed by atoms with Gasteiger partial charge in [0.1, 0.15) is 5.75 Å². The van der Waals surface area contributed by atoms with Crippen molar-refractivity contribution >= 4 is 23.1 Å². The average molecular weight is 206 g/mol. The molecule has 0 spiro atoms. The molecule has 0 atom stereocenters. The van der Waals surface area contributed by atoms with Crippen LogP contribution in [-0.4, -0.2) is 10.8 Å². The SMILES string of the molecule is CC(=S)Oc1cccc2c1CCC2=O. The maximum absolute atomic E-state index is 11.4. The summed E-state index contributed by atoms with van der Waals surface area (Å²) >= 11 is 4.87. The van der Waals surface area contributed by atoms with Crippen LogP contribution in [0.25, 0.3) is 0 Å². The molecular formula is C11H10O2S. The van der Waals surface area contributed by atoms with Gasteiger partial charge in [-0.3, -0.25) is 4.79 Å². The van der Waals surface area contributed by atoms with E-state index in [9.17, 15) is 4.79 Å². The minimum atomic E-state index is 0.201. The molecule has 2 nitrogen and oxygen atoms in total. The number of hydrogen-bond donors (Lipinski definition) is 0. The van der Waals surface area contributed by atoms with Crippen molar-refractivity contribution < 1.29 is 9.53 Å². The molecule has 0 radical (unpaired) electrons. The highest BCUT2D eigenvalue weighted by Crippen LogP contribution is 2.30. The molecule has 0 fully saturated rings. The molecule has 14 heavy (non-hydrogen) atoms. The topological polar surface area (TPSA) is 26.3 Å². The molecule has 72 valence electrons. The van der Waals surface area contributed by atoms with Gasteiger partial charge in [0.15, 0.2) is 10.8 Å². The molecule has 0 heterocycles. The first kappa shape index (κ1) is 9.34. The second kappa shape index (κ2) is 3.50. The molecule has 0 unspecified atom stereocenters. The second-order valence-corrected chi connectivity index (χ2v) is 3.87. The molecule has 0 N–H and O–H groups in total. The average Bonchev–Trinajstić information content (AvgIpc) is 2.49. The predicted molar refractivity (Wildman–Crippen MR) is 58.0 cm³/mol. The third-order valence-corrected chi connectivity index (χ3v) is 2.37. The molecule has 0 amide bonds. The number of hydrogen-bond acceptors (Lipinski definition) is 3. The first-order valence-corrected chi connectivity index (χ1v) is 4.93. The lowest BCUT2D eigenvalue weighted by atomic mass is 10.1. The van der Waals surface area contributed by atoms with Crippen LogP contribution < -0.4 is 4.74 Å². The summed E-state index contributed by atoms with van der Waals surface area (Å²) in [6, 6.07) is 5.53. The van der Waals surface area contributed by atoms with E-state index in [-0.39, 0.29) is 5.78 Å². The van der Waals surface area contributed by atoms with E-state index in [0.717, 1.165) is 23.3 Å². The van der Waals surface area contributed by atoms with Gasteiger partial charge in [0.2, 0.25) is 0 Å². The molecule has 0 saturated heterocycles. The van der Waals surface area contributed by atoms with Crippen LogP contribution in [0, 0.1) is 0 Å². The summed E-state index contributed by atoms with van der Waals surface area (Å²) in [6.45, 7) is 1.73. The van der Waals surface area contributed by atoms with Crippen molar-refractivity contribution in [2.24, 2.45) is 0 Å². The van der Waals surface area contributed by atoms with Crippen molar-refractivity contribution in [2.75, 3.05) is 0 Å². The highest BCUT2D eigenvalue weighted by molar-refractivity contribution is 7.80. The van der Waals surface area contributed by atoms with E-state index in [1.54, 1.807) is 6.92 Å². The van der Waals surface area contributed by atoms with Crippen molar-refractivity contribution in [3.8, 4) is 5.75 Å². The van der Waals surface area contributed by atoms with Crippen molar-refractivity contribution in [1.29, 1.82) is 0 Å². The van der Waals surface area contributed by atoms with Crippen molar-refractivity contribution in [3.63, 3.8) is 0 Å². The van der Waals surface area contributed by atoms with Gasteiger partial charge in [-0.15, -0.1) is 0 Å². The Bertz CT molecular complexity index is 410. The Kier molecular flexibility index (Phi) is 2.33. The lowest BCUT2D eigenvalue weighted by Gasteiger charge is -2.07. The number of carbonyl (C=O) groups is 1. The van der Waals surface area contributed by atoms with Gasteiger partial charge in [0.25, 0.3) is 0 Å². The Hall–Kier alpha value is -1.22. The van der Waals surface area contributed by atoms with E-state index < -0.39 is 0 Å². The molecular weight excluding hydrogens is 196 g/mol. The largest absolute Gasteiger partial charge is 0.450 e. The van der Waals surface area contributed by atoms with Crippen LogP contribution in [0.3, 0.4) is 0 Å². The zero-order chi connectivity index (χ0) is 10.1. The molecule has 1 aliphatic rings. The van der Waals surface area contributed by atoms with Crippen LogP contribution in [0.2, 0.25) is 0 Å². The van der Waals surface area contributed by atoms with E-state index in [1.807, 2.05) is 18.2 Å². The Labute approximate surface area is 87.9 Å². The highest BCUT2D eigenvalue weighted by Gasteiger charge is 2.22. The van der Waals surface area contributed by atoms with Gasteiger partial charge >= 0.3 is 0 Å². The lowest BCUT2D eigenvalue weighted by Crippen LogP contribution is -2.01. The maximum Gasteiger partial charge on any atom is 0.164 e. The van der Waals surface area contributed by atoms with Crippen LogP contribution in [0.15, 0.2) is 18.2 Å². The van der Waals surface area contributed by atoms with Crippen molar-refractivity contribution in [2.45, 2.75) is 19.8 Å². The van der Waals surface area contributed by atoms with Gasteiger partial charge in [-0.05, 0) is 24.7 Å². The van der Waals surface area contributed by atoms with Crippen LogP contribution >= 0.6 is 12.2 Å². The first-order valence-electron chi connectivity index (χ1n) is 4.52. The fourth-order valence-electron chi connectivity index (χ4n) is 1.71. The zero-order valence-corrected chi connectivity index (χ0v) is 8.69. The Morgan fingerprint density at radius 2 is 2.21 bits per heavy atom. The molecule has 1 aromatic rings. The number of carbonyl (C=O) groups excluding carboxylic acids is 1. The summed E-state index contributed by atoms with van der Waals surface area (Å²) in [6.07, 6.45) is 1.36. The van der Waals surface area contributed by atoms with Crippen LogP contribution in [-0.2, 0) is 6.42 Å². The van der Waals surface area contributed by atoms with Crippen LogP contribution in [0.4, 0.5) is 0 Å². The Morgan fingerprint density at radius 3 is 2.93 bits per heavy atom. The normalized spacial score (nSPS) is 13.9. The molecule has 1 aliphatic carbocycles. The first-order chi connectivity index (χ1) is 6.68. The number of ether oxygens (including phenoxy) is 1. The van der Waals surface area contributed by atoms with E-state index in [4.69, 9.17) is 17.0 Å². The second-order valence-electron chi connectivity index (χ2n) is 3.30. The molecule has 3 heteroatoms. The van der Waals surface area contributed by atoms with E-state index in [1.165, 1.54) is 0 Å². The fraction of sp³-hybridized carbons (Fsp3) is 0.273. The molecule has 0 saturated carbocycles. The van der Waals surface area contributed by atoms with E-state index in [2.05, 4.69) is 0 Å². The smallest absolute Gasteiger partial charge is 0.164 e. The number of benzene rings is 1. The van der Waals surface area contributed by atoms with Gasteiger partial charge in [0.05, 0.1) is 0 Å².